The van der Waals surface area contributed by atoms with Gasteiger partial charge >= 0.3 is 0 Å². The fourth-order valence-electron chi connectivity index (χ4n) is 3.23. The van der Waals surface area contributed by atoms with Crippen molar-refractivity contribution >= 4 is 17.6 Å². The summed E-state index contributed by atoms with van der Waals surface area (Å²) in [7, 11) is 1.69. The van der Waals surface area contributed by atoms with Crippen molar-refractivity contribution < 1.29 is 9.53 Å². The van der Waals surface area contributed by atoms with Crippen molar-refractivity contribution in [2.24, 2.45) is 10.9 Å². The van der Waals surface area contributed by atoms with Crippen molar-refractivity contribution in [1.29, 1.82) is 0 Å². The molecule has 0 spiro atoms. The number of methoxy groups -OCH3 is 1. The van der Waals surface area contributed by atoms with Crippen LogP contribution in [-0.4, -0.2) is 57.2 Å². The van der Waals surface area contributed by atoms with Crippen LogP contribution in [0.5, 0.6) is 5.75 Å². The molecule has 7 nitrogen and oxygen atoms in total. The van der Waals surface area contributed by atoms with E-state index < -0.39 is 0 Å². The van der Waals surface area contributed by atoms with Gasteiger partial charge in [0.25, 0.3) is 0 Å². The maximum atomic E-state index is 12.0. The third kappa shape index (κ3) is 7.29. The highest BCUT2D eigenvalue weighted by Gasteiger charge is 2.23. The summed E-state index contributed by atoms with van der Waals surface area (Å²) in [5.74, 6) is 2.02. The van der Waals surface area contributed by atoms with Crippen molar-refractivity contribution in [3.63, 3.8) is 0 Å². The lowest BCUT2D eigenvalue weighted by atomic mass is 10.1. The molecule has 1 aromatic carbocycles. The summed E-state index contributed by atoms with van der Waals surface area (Å²) in [6, 6.07) is 8.19. The third-order valence-corrected chi connectivity index (χ3v) is 4.50. The number of hydrogen-bond acceptors (Lipinski definition) is 4. The minimum atomic E-state index is -0.244. The lowest BCUT2D eigenvalue weighted by Gasteiger charge is -2.21. The van der Waals surface area contributed by atoms with Gasteiger partial charge in [-0.1, -0.05) is 6.07 Å². The molecule has 0 radical (unpaired) electrons. The average molecular weight is 390 g/mol. The maximum Gasteiger partial charge on any atom is 0.242 e. The van der Waals surface area contributed by atoms with Crippen LogP contribution in [0.25, 0.3) is 0 Å². The molecule has 28 heavy (non-hydrogen) atoms. The summed E-state index contributed by atoms with van der Waals surface area (Å²) in [5.41, 5.74) is 0.951. The standard InChI is InChI=1S/C21H35N5O2/c1-6-22-20(24-14-19(27)25-21(2,3)4)23-13-16-10-11-26(15-16)17-8-7-9-18(12-17)28-5/h7-9,12,16H,6,10-11,13-15H2,1-5H3,(H,25,27)(H2,22,23,24). The van der Waals surface area contributed by atoms with Gasteiger partial charge in [-0.25, -0.2) is 4.99 Å². The minimum absolute atomic E-state index is 0.0743. The van der Waals surface area contributed by atoms with Crippen molar-refractivity contribution in [3.8, 4) is 5.75 Å². The lowest BCUT2D eigenvalue weighted by Crippen LogP contribution is -2.44. The molecule has 156 valence electrons. The quantitative estimate of drug-likeness (QED) is 0.491. The van der Waals surface area contributed by atoms with E-state index >= 15 is 0 Å². The number of hydrogen-bond donors (Lipinski definition) is 3. The maximum absolute atomic E-state index is 12.0. The Kier molecular flexibility index (Phi) is 7.96. The van der Waals surface area contributed by atoms with E-state index in [4.69, 9.17) is 4.74 Å². The summed E-state index contributed by atoms with van der Waals surface area (Å²) in [6.45, 7) is 11.6. The molecular weight excluding hydrogens is 354 g/mol. The van der Waals surface area contributed by atoms with Gasteiger partial charge in [0.15, 0.2) is 5.96 Å². The first-order chi connectivity index (χ1) is 13.3. The molecule has 0 aliphatic carbocycles. The molecule has 0 saturated carbocycles. The predicted molar refractivity (Wildman–Crippen MR) is 115 cm³/mol. The number of carbonyl (C=O) groups is 1. The van der Waals surface area contributed by atoms with Crippen molar-refractivity contribution in [1.82, 2.24) is 16.0 Å². The normalized spacial score (nSPS) is 17.4. The van der Waals surface area contributed by atoms with Gasteiger partial charge in [0.2, 0.25) is 5.91 Å². The smallest absolute Gasteiger partial charge is 0.242 e. The second-order valence-electron chi connectivity index (χ2n) is 8.18. The number of benzene rings is 1. The number of nitrogens with zero attached hydrogens (tertiary/aromatic N) is 2. The van der Waals surface area contributed by atoms with Gasteiger partial charge in [0.05, 0.1) is 7.11 Å². The van der Waals surface area contributed by atoms with Gasteiger partial charge in [-0.15, -0.1) is 0 Å². The van der Waals surface area contributed by atoms with Crippen LogP contribution in [0.2, 0.25) is 0 Å². The van der Waals surface area contributed by atoms with Crippen LogP contribution in [0.4, 0.5) is 5.69 Å². The molecular formula is C21H35N5O2. The topological polar surface area (TPSA) is 78.0 Å². The fraction of sp³-hybridized carbons (Fsp3) is 0.619. The number of carbonyl (C=O) groups excluding carboxylic acids is 1. The second-order valence-corrected chi connectivity index (χ2v) is 8.18. The number of ether oxygens (including phenoxy) is 1. The predicted octanol–water partition coefficient (Wildman–Crippen LogP) is 1.99. The number of aliphatic imine (C=N–C) groups is 1. The van der Waals surface area contributed by atoms with Gasteiger partial charge in [0, 0.05) is 43.5 Å². The van der Waals surface area contributed by atoms with E-state index in [-0.39, 0.29) is 18.0 Å². The summed E-state index contributed by atoms with van der Waals surface area (Å²) in [5, 5.41) is 9.52. The first kappa shape index (κ1) is 21.9. The van der Waals surface area contributed by atoms with Crippen molar-refractivity contribution in [3.05, 3.63) is 24.3 Å². The minimum Gasteiger partial charge on any atom is -0.497 e. The zero-order valence-corrected chi connectivity index (χ0v) is 17.8. The Balaban J connectivity index is 1.84. The zero-order valence-electron chi connectivity index (χ0n) is 17.8. The van der Waals surface area contributed by atoms with Crippen molar-refractivity contribution in [2.45, 2.75) is 39.7 Å². The third-order valence-electron chi connectivity index (χ3n) is 4.50. The summed E-state index contributed by atoms with van der Waals surface area (Å²) >= 11 is 0. The van der Waals surface area contributed by atoms with Crippen LogP contribution in [0, 0.1) is 5.92 Å². The number of anilines is 1. The highest BCUT2D eigenvalue weighted by Crippen LogP contribution is 2.26. The van der Waals surface area contributed by atoms with Crippen LogP contribution in [0.1, 0.15) is 34.1 Å². The first-order valence-corrected chi connectivity index (χ1v) is 10.0. The second kappa shape index (κ2) is 10.2. The van der Waals surface area contributed by atoms with E-state index in [2.05, 4.69) is 38.0 Å². The Morgan fingerprint density at radius 2 is 2.11 bits per heavy atom. The van der Waals surface area contributed by atoms with Crippen LogP contribution < -0.4 is 25.6 Å². The molecule has 1 unspecified atom stereocenters. The Morgan fingerprint density at radius 3 is 2.79 bits per heavy atom. The van der Waals surface area contributed by atoms with Gasteiger partial charge in [-0.2, -0.15) is 0 Å². The highest BCUT2D eigenvalue weighted by atomic mass is 16.5. The van der Waals surface area contributed by atoms with Gasteiger partial charge in [-0.3, -0.25) is 4.79 Å². The monoisotopic (exact) mass is 389 g/mol. The Morgan fingerprint density at radius 1 is 1.32 bits per heavy atom. The molecule has 1 amide bonds. The van der Waals surface area contributed by atoms with Crippen LogP contribution in [0.3, 0.4) is 0 Å². The molecule has 0 bridgehead atoms. The Bertz CT molecular complexity index is 669. The fourth-order valence-corrected chi connectivity index (χ4v) is 3.23. The Hall–Kier alpha value is -2.44. The van der Waals surface area contributed by atoms with Crippen LogP contribution in [0.15, 0.2) is 29.3 Å². The lowest BCUT2D eigenvalue weighted by molar-refractivity contribution is -0.121. The van der Waals surface area contributed by atoms with Gasteiger partial charge in [0.1, 0.15) is 12.3 Å². The molecule has 1 heterocycles. The SMILES string of the molecule is CCNC(=NCC(=O)NC(C)(C)C)NCC1CCN(c2cccc(OC)c2)C1. The van der Waals surface area contributed by atoms with E-state index in [1.165, 1.54) is 5.69 Å². The van der Waals surface area contributed by atoms with Crippen molar-refractivity contribution in [2.75, 3.05) is 44.7 Å². The molecule has 1 atom stereocenters. The van der Waals surface area contributed by atoms with Gasteiger partial charge < -0.3 is 25.6 Å². The zero-order chi connectivity index (χ0) is 20.6. The number of rotatable bonds is 7. The summed E-state index contributed by atoms with van der Waals surface area (Å²) in [4.78, 5) is 18.8. The largest absolute Gasteiger partial charge is 0.497 e. The highest BCUT2D eigenvalue weighted by molar-refractivity contribution is 5.85. The molecule has 1 aromatic rings. The van der Waals surface area contributed by atoms with Crippen LogP contribution >= 0.6 is 0 Å². The first-order valence-electron chi connectivity index (χ1n) is 10.0. The molecule has 7 heteroatoms. The summed E-state index contributed by atoms with van der Waals surface area (Å²) < 4.78 is 5.33. The molecule has 1 fully saturated rings. The molecule has 1 saturated heterocycles. The van der Waals surface area contributed by atoms with E-state index in [1.807, 2.05) is 39.8 Å². The summed E-state index contributed by atoms with van der Waals surface area (Å²) in [6.07, 6.45) is 1.12. The van der Waals surface area contributed by atoms with E-state index in [0.717, 1.165) is 38.3 Å². The molecule has 1 aliphatic rings. The molecule has 2 rings (SSSR count). The van der Waals surface area contributed by atoms with Gasteiger partial charge in [-0.05, 0) is 52.2 Å². The van der Waals surface area contributed by atoms with Crippen LogP contribution in [-0.2, 0) is 4.79 Å². The molecule has 1 aliphatic heterocycles. The van der Waals surface area contributed by atoms with E-state index in [9.17, 15) is 4.79 Å². The number of guanidine groups is 1. The Labute approximate surface area is 168 Å². The average Bonchev–Trinajstić information content (AvgIpc) is 3.12. The molecule has 3 N–H and O–H groups in total. The number of nitrogens with one attached hydrogen (secondary N) is 3. The van der Waals surface area contributed by atoms with E-state index in [0.29, 0.717) is 11.9 Å². The number of amides is 1. The van der Waals surface area contributed by atoms with E-state index in [1.54, 1.807) is 7.11 Å². The molecule has 0 aromatic heterocycles.